The molecule has 2 N–H and O–H groups in total. The van der Waals surface area contributed by atoms with Gasteiger partial charge in [-0.2, -0.15) is 0 Å². The molecule has 28 heavy (non-hydrogen) atoms. The first-order valence-corrected chi connectivity index (χ1v) is 11.2. The van der Waals surface area contributed by atoms with E-state index in [1.54, 1.807) is 29.8 Å². The van der Waals surface area contributed by atoms with Crippen LogP contribution in [-0.4, -0.2) is 66.7 Å². The minimum absolute atomic E-state index is 0.230. The maximum Gasteiger partial charge on any atom is 0.133 e. The number of aromatic nitrogens is 1. The Morgan fingerprint density at radius 1 is 1.43 bits per heavy atom. The molecule has 0 aliphatic carbocycles. The van der Waals surface area contributed by atoms with Gasteiger partial charge in [-0.3, -0.25) is 4.90 Å². The first-order chi connectivity index (χ1) is 13.7. The maximum absolute atomic E-state index is 14.8. The van der Waals surface area contributed by atoms with E-state index in [2.05, 4.69) is 21.7 Å². The number of halogens is 1. The van der Waals surface area contributed by atoms with Crippen molar-refractivity contribution < 1.29 is 14.2 Å². The van der Waals surface area contributed by atoms with Gasteiger partial charge in [0, 0.05) is 48.5 Å². The number of benzene rings is 1. The molecule has 150 valence electrons. The Morgan fingerprint density at radius 2 is 2.32 bits per heavy atom. The molecule has 0 radical (unpaired) electrons. The number of piperidine rings is 1. The maximum atomic E-state index is 14.8. The number of nitrogens with one attached hydrogen (secondary N) is 1. The van der Waals surface area contributed by atoms with Gasteiger partial charge in [0.05, 0.1) is 40.3 Å². The second-order valence-corrected chi connectivity index (χ2v) is 8.73. The zero-order valence-electron chi connectivity index (χ0n) is 15.7. The summed E-state index contributed by atoms with van der Waals surface area (Å²) in [5, 5.41) is 18.6. The largest absolute Gasteiger partial charge is 0.389 e. The molecule has 1 fully saturated rings. The zero-order valence-corrected chi connectivity index (χ0v) is 17.3. The number of anilines is 1. The van der Waals surface area contributed by atoms with Crippen LogP contribution in [0.3, 0.4) is 0 Å². The number of hydrogen-bond donors (Lipinski definition) is 2. The van der Waals surface area contributed by atoms with Crippen LogP contribution in [0.25, 0.3) is 21.3 Å². The standard InChI is InChI=1S/C20H24FN3O2S2/c1-26-9-13(25)7-24-6-5-17(16(21)8-24)23-18-4-2-3-14-15(10-28-20(14)18)19-11-27-12-22-19/h2-4,10-13,16-17,23,25H,5-9H2,1H3. The van der Waals surface area contributed by atoms with Crippen molar-refractivity contribution in [2.75, 3.05) is 38.7 Å². The molecule has 3 aromatic rings. The average molecular weight is 422 g/mol. The summed E-state index contributed by atoms with van der Waals surface area (Å²) in [4.78, 5) is 6.39. The van der Waals surface area contributed by atoms with Crippen LogP contribution in [0.4, 0.5) is 10.1 Å². The van der Waals surface area contributed by atoms with Gasteiger partial charge in [0.2, 0.25) is 0 Å². The molecule has 1 aliphatic heterocycles. The fourth-order valence-electron chi connectivity index (χ4n) is 3.75. The van der Waals surface area contributed by atoms with E-state index >= 15 is 0 Å². The highest BCUT2D eigenvalue weighted by Gasteiger charge is 2.30. The summed E-state index contributed by atoms with van der Waals surface area (Å²) in [6.45, 7) is 1.79. The number of ether oxygens (including phenoxy) is 1. The molecule has 8 heteroatoms. The van der Waals surface area contributed by atoms with Gasteiger partial charge in [-0.1, -0.05) is 12.1 Å². The van der Waals surface area contributed by atoms with E-state index in [-0.39, 0.29) is 12.6 Å². The normalized spacial score (nSPS) is 21.8. The molecule has 0 saturated carbocycles. The molecule has 0 amide bonds. The Bertz CT molecular complexity index is 902. The quantitative estimate of drug-likeness (QED) is 0.607. The van der Waals surface area contributed by atoms with Crippen molar-refractivity contribution in [2.24, 2.45) is 0 Å². The lowest BCUT2D eigenvalue weighted by Crippen LogP contribution is -2.50. The van der Waals surface area contributed by atoms with Crippen molar-refractivity contribution in [3.05, 3.63) is 34.5 Å². The summed E-state index contributed by atoms with van der Waals surface area (Å²) in [5.41, 5.74) is 4.93. The van der Waals surface area contributed by atoms with Crippen LogP contribution in [0.15, 0.2) is 34.5 Å². The van der Waals surface area contributed by atoms with Crippen molar-refractivity contribution in [1.29, 1.82) is 0 Å². The Morgan fingerprint density at radius 3 is 3.07 bits per heavy atom. The molecule has 1 saturated heterocycles. The monoisotopic (exact) mass is 421 g/mol. The van der Waals surface area contributed by atoms with Crippen LogP contribution in [0.2, 0.25) is 0 Å². The van der Waals surface area contributed by atoms with Crippen LogP contribution >= 0.6 is 22.7 Å². The highest BCUT2D eigenvalue weighted by atomic mass is 32.1. The van der Waals surface area contributed by atoms with Gasteiger partial charge < -0.3 is 15.2 Å². The van der Waals surface area contributed by atoms with E-state index in [1.807, 2.05) is 27.9 Å². The van der Waals surface area contributed by atoms with Crippen LogP contribution < -0.4 is 5.32 Å². The molecule has 0 bridgehead atoms. The predicted octanol–water partition coefficient (Wildman–Crippen LogP) is 3.86. The number of fused-ring (bicyclic) bond motifs is 1. The van der Waals surface area contributed by atoms with Crippen LogP contribution in [0.1, 0.15) is 6.42 Å². The molecule has 3 heterocycles. The van der Waals surface area contributed by atoms with Gasteiger partial charge in [0.1, 0.15) is 6.17 Å². The van der Waals surface area contributed by atoms with Crippen LogP contribution in [0, 0.1) is 0 Å². The average Bonchev–Trinajstić information content (AvgIpc) is 3.33. The number of β-amino-alcohol motifs (C(OH)–C–C–N with tert-alkyl or cyclic N) is 1. The van der Waals surface area contributed by atoms with Crippen LogP contribution in [-0.2, 0) is 4.74 Å². The second-order valence-electron chi connectivity index (χ2n) is 7.13. The van der Waals surface area contributed by atoms with E-state index in [0.29, 0.717) is 19.5 Å². The van der Waals surface area contributed by atoms with Gasteiger partial charge in [0.15, 0.2) is 0 Å². The van der Waals surface area contributed by atoms with Crippen molar-refractivity contribution >= 4 is 38.4 Å². The molecular weight excluding hydrogens is 397 g/mol. The minimum atomic E-state index is -0.989. The van der Waals surface area contributed by atoms with Crippen molar-refractivity contribution in [1.82, 2.24) is 9.88 Å². The summed E-state index contributed by atoms with van der Waals surface area (Å²) < 4.78 is 20.9. The number of alkyl halides is 1. The van der Waals surface area contributed by atoms with Crippen molar-refractivity contribution in [3.63, 3.8) is 0 Å². The summed E-state index contributed by atoms with van der Waals surface area (Å²) >= 11 is 3.25. The topological polar surface area (TPSA) is 57.6 Å². The first-order valence-electron chi connectivity index (χ1n) is 9.34. The van der Waals surface area contributed by atoms with Gasteiger partial charge in [-0.25, -0.2) is 9.37 Å². The van der Waals surface area contributed by atoms with Gasteiger partial charge in [-0.05, 0) is 12.5 Å². The van der Waals surface area contributed by atoms with Crippen LogP contribution in [0.5, 0.6) is 0 Å². The molecule has 3 atom stereocenters. The smallest absolute Gasteiger partial charge is 0.133 e. The highest BCUT2D eigenvalue weighted by molar-refractivity contribution is 7.18. The van der Waals surface area contributed by atoms with E-state index < -0.39 is 12.3 Å². The number of aliphatic hydroxyl groups is 1. The minimum Gasteiger partial charge on any atom is -0.389 e. The van der Waals surface area contributed by atoms with Crippen molar-refractivity contribution in [3.8, 4) is 11.3 Å². The van der Waals surface area contributed by atoms with E-state index in [9.17, 15) is 9.50 Å². The SMILES string of the molecule is COCC(O)CN1CCC(Nc2cccc3c(-c4cscn4)csc23)C(F)C1. The summed E-state index contributed by atoms with van der Waals surface area (Å²) in [6, 6.07) is 5.89. The van der Waals surface area contributed by atoms with Gasteiger partial charge in [-0.15, -0.1) is 22.7 Å². The highest BCUT2D eigenvalue weighted by Crippen LogP contribution is 2.38. The Labute approximate surface area is 171 Å². The molecule has 1 aliphatic rings. The number of likely N-dealkylation sites (tertiary alicyclic amines) is 1. The Hall–Kier alpha value is -1.58. The summed E-state index contributed by atoms with van der Waals surface area (Å²) in [6.07, 6.45) is -0.871. The fourth-order valence-corrected chi connectivity index (χ4v) is 5.35. The second kappa shape index (κ2) is 8.84. The molecule has 4 rings (SSSR count). The molecule has 1 aromatic carbocycles. The lowest BCUT2D eigenvalue weighted by atomic mass is 10.0. The number of aliphatic hydroxyl groups excluding tert-OH is 1. The molecule has 0 spiro atoms. The van der Waals surface area contributed by atoms with E-state index in [0.717, 1.165) is 33.6 Å². The third-order valence-electron chi connectivity index (χ3n) is 5.10. The lowest BCUT2D eigenvalue weighted by Gasteiger charge is -2.36. The van der Waals surface area contributed by atoms with Crippen molar-refractivity contribution in [2.45, 2.75) is 24.7 Å². The van der Waals surface area contributed by atoms with E-state index in [4.69, 9.17) is 4.74 Å². The van der Waals surface area contributed by atoms with Gasteiger partial charge >= 0.3 is 0 Å². The first kappa shape index (κ1) is 19.7. The molecule has 5 nitrogen and oxygen atoms in total. The molecular formula is C20H24FN3O2S2. The predicted molar refractivity (Wildman–Crippen MR) is 114 cm³/mol. The lowest BCUT2D eigenvalue weighted by molar-refractivity contribution is 0.0215. The summed E-state index contributed by atoms with van der Waals surface area (Å²) in [7, 11) is 1.56. The third-order valence-corrected chi connectivity index (χ3v) is 6.72. The zero-order chi connectivity index (χ0) is 19.5. The Kier molecular flexibility index (Phi) is 6.22. The molecule has 3 unspecified atom stereocenters. The number of hydrogen-bond acceptors (Lipinski definition) is 7. The Balaban J connectivity index is 1.46. The van der Waals surface area contributed by atoms with E-state index in [1.165, 1.54) is 0 Å². The number of rotatable bonds is 7. The summed E-state index contributed by atoms with van der Waals surface area (Å²) in [5.74, 6) is 0. The fraction of sp³-hybridized carbons (Fsp3) is 0.450. The molecule has 2 aromatic heterocycles. The number of thiazole rings is 1. The number of nitrogens with zero attached hydrogens (tertiary/aromatic N) is 2. The number of thiophene rings is 1. The third kappa shape index (κ3) is 4.21. The number of methoxy groups -OCH3 is 1. The van der Waals surface area contributed by atoms with Gasteiger partial charge in [0.25, 0.3) is 0 Å².